The molecule has 4 rings (SSSR count). The number of amides is 3. The summed E-state index contributed by atoms with van der Waals surface area (Å²) in [6, 6.07) is 13.8. The summed E-state index contributed by atoms with van der Waals surface area (Å²) >= 11 is 0. The number of nitrogens with one attached hydrogen (secondary N) is 1. The number of anilines is 1. The number of nitrogens with zero attached hydrogens (tertiary/aromatic N) is 3. The van der Waals surface area contributed by atoms with E-state index in [0.717, 1.165) is 17.7 Å². The standard InChI is InChI=1S/C22H23F3N4O2/c23-22(24,25)17-7-4-8-18(14-17)28-11-9-27(10-12-28)15-29-20(30)19(26-21(29)31)13-16-5-2-1-3-6-16/h1-8,14,19H,9-13,15H2,(H,26,31). The molecule has 31 heavy (non-hydrogen) atoms. The van der Waals surface area contributed by atoms with Gasteiger partial charge >= 0.3 is 12.2 Å². The van der Waals surface area contributed by atoms with Crippen LogP contribution in [0.3, 0.4) is 0 Å². The van der Waals surface area contributed by atoms with Gasteiger partial charge in [0.15, 0.2) is 0 Å². The Balaban J connectivity index is 1.33. The van der Waals surface area contributed by atoms with Crippen molar-refractivity contribution < 1.29 is 22.8 Å². The molecule has 2 saturated heterocycles. The summed E-state index contributed by atoms with van der Waals surface area (Å²) in [4.78, 5) is 30.1. The maximum absolute atomic E-state index is 13.0. The first-order valence-corrected chi connectivity index (χ1v) is 10.1. The molecule has 1 unspecified atom stereocenters. The lowest BCUT2D eigenvalue weighted by Gasteiger charge is -2.37. The first kappa shape index (κ1) is 21.2. The van der Waals surface area contributed by atoms with Gasteiger partial charge in [0.25, 0.3) is 5.91 Å². The van der Waals surface area contributed by atoms with E-state index in [0.29, 0.717) is 38.3 Å². The predicted octanol–water partition coefficient (Wildman–Crippen LogP) is 2.95. The van der Waals surface area contributed by atoms with Gasteiger partial charge in [0.2, 0.25) is 0 Å². The molecule has 0 spiro atoms. The highest BCUT2D eigenvalue weighted by atomic mass is 19.4. The second kappa shape index (κ2) is 8.58. The summed E-state index contributed by atoms with van der Waals surface area (Å²) < 4.78 is 38.9. The number of rotatable bonds is 5. The molecule has 164 valence electrons. The molecule has 1 atom stereocenters. The van der Waals surface area contributed by atoms with E-state index < -0.39 is 23.8 Å². The normalized spacial score (nSPS) is 20.3. The molecule has 2 heterocycles. The molecule has 9 heteroatoms. The maximum Gasteiger partial charge on any atom is 0.416 e. The summed E-state index contributed by atoms with van der Waals surface area (Å²) in [6.07, 6.45) is -3.94. The molecule has 6 nitrogen and oxygen atoms in total. The van der Waals surface area contributed by atoms with Crippen LogP contribution in [-0.2, 0) is 17.4 Å². The van der Waals surface area contributed by atoms with Crippen LogP contribution in [0.4, 0.5) is 23.7 Å². The number of alkyl halides is 3. The van der Waals surface area contributed by atoms with E-state index in [1.807, 2.05) is 40.1 Å². The average molecular weight is 432 g/mol. The lowest BCUT2D eigenvalue weighted by molar-refractivity contribution is -0.137. The van der Waals surface area contributed by atoms with Crippen LogP contribution in [0.5, 0.6) is 0 Å². The van der Waals surface area contributed by atoms with Gasteiger partial charge in [0.1, 0.15) is 6.04 Å². The minimum absolute atomic E-state index is 0.173. The van der Waals surface area contributed by atoms with Crippen LogP contribution in [0.15, 0.2) is 54.6 Å². The maximum atomic E-state index is 13.0. The van der Waals surface area contributed by atoms with Crippen LogP contribution in [0.1, 0.15) is 11.1 Å². The van der Waals surface area contributed by atoms with E-state index in [-0.39, 0.29) is 12.6 Å². The van der Waals surface area contributed by atoms with Crippen LogP contribution in [-0.4, -0.2) is 60.6 Å². The number of piperazine rings is 1. The van der Waals surface area contributed by atoms with E-state index in [1.54, 1.807) is 6.07 Å². The molecule has 2 fully saturated rings. The Morgan fingerprint density at radius 3 is 2.32 bits per heavy atom. The molecule has 0 saturated carbocycles. The molecule has 0 bridgehead atoms. The molecule has 2 aromatic rings. The second-order valence-corrected chi connectivity index (χ2v) is 7.75. The number of hydrogen-bond acceptors (Lipinski definition) is 4. The van der Waals surface area contributed by atoms with Crippen LogP contribution < -0.4 is 10.2 Å². The zero-order valence-electron chi connectivity index (χ0n) is 16.8. The molecular formula is C22H23F3N4O2. The van der Waals surface area contributed by atoms with Crippen molar-refractivity contribution >= 4 is 17.6 Å². The van der Waals surface area contributed by atoms with Gasteiger partial charge in [-0.3, -0.25) is 9.69 Å². The number of hydrogen-bond donors (Lipinski definition) is 1. The Morgan fingerprint density at radius 1 is 0.935 bits per heavy atom. The SMILES string of the molecule is O=C1NC(Cc2ccccc2)C(=O)N1CN1CCN(c2cccc(C(F)(F)F)c2)CC1. The molecular weight excluding hydrogens is 409 g/mol. The largest absolute Gasteiger partial charge is 0.416 e. The quantitative estimate of drug-likeness (QED) is 0.739. The Morgan fingerprint density at radius 2 is 1.65 bits per heavy atom. The van der Waals surface area contributed by atoms with Crippen molar-refractivity contribution in [1.82, 2.24) is 15.1 Å². The Bertz CT molecular complexity index is 943. The minimum Gasteiger partial charge on any atom is -0.369 e. The van der Waals surface area contributed by atoms with Crippen molar-refractivity contribution in [3.63, 3.8) is 0 Å². The monoisotopic (exact) mass is 432 g/mol. The zero-order chi connectivity index (χ0) is 22.0. The third-order valence-electron chi connectivity index (χ3n) is 5.64. The number of benzene rings is 2. The summed E-state index contributed by atoms with van der Waals surface area (Å²) in [5.41, 5.74) is 0.821. The van der Waals surface area contributed by atoms with E-state index >= 15 is 0 Å². The van der Waals surface area contributed by atoms with Crippen LogP contribution in [0, 0.1) is 0 Å². The molecule has 0 aliphatic carbocycles. The minimum atomic E-state index is -4.38. The van der Waals surface area contributed by atoms with Crippen molar-refractivity contribution in [3.8, 4) is 0 Å². The highest BCUT2D eigenvalue weighted by molar-refractivity contribution is 6.04. The fraction of sp³-hybridized carbons (Fsp3) is 0.364. The van der Waals surface area contributed by atoms with E-state index in [9.17, 15) is 22.8 Å². The highest BCUT2D eigenvalue weighted by Gasteiger charge is 2.39. The number of imide groups is 1. The highest BCUT2D eigenvalue weighted by Crippen LogP contribution is 2.31. The van der Waals surface area contributed by atoms with Crippen LogP contribution >= 0.6 is 0 Å². The molecule has 0 aromatic heterocycles. The second-order valence-electron chi connectivity index (χ2n) is 7.75. The fourth-order valence-electron chi connectivity index (χ4n) is 3.93. The Kier molecular flexibility index (Phi) is 5.86. The summed E-state index contributed by atoms with van der Waals surface area (Å²) in [5, 5.41) is 2.74. The topological polar surface area (TPSA) is 55.9 Å². The molecule has 1 N–H and O–H groups in total. The van der Waals surface area contributed by atoms with Crippen molar-refractivity contribution in [3.05, 3.63) is 65.7 Å². The van der Waals surface area contributed by atoms with Gasteiger partial charge in [-0.15, -0.1) is 0 Å². The summed E-state index contributed by atoms with van der Waals surface area (Å²) in [5.74, 6) is -0.255. The predicted molar refractivity (Wildman–Crippen MR) is 109 cm³/mol. The molecule has 0 radical (unpaired) electrons. The number of carbonyl (C=O) groups is 2. The Labute approximate surface area is 178 Å². The zero-order valence-corrected chi connectivity index (χ0v) is 16.8. The third-order valence-corrected chi connectivity index (χ3v) is 5.64. The van der Waals surface area contributed by atoms with Crippen LogP contribution in [0.2, 0.25) is 0 Å². The fourth-order valence-corrected chi connectivity index (χ4v) is 3.93. The lowest BCUT2D eigenvalue weighted by Crippen LogP contribution is -2.51. The number of carbonyl (C=O) groups excluding carboxylic acids is 2. The van der Waals surface area contributed by atoms with Crippen molar-refractivity contribution in [2.45, 2.75) is 18.6 Å². The first-order valence-electron chi connectivity index (χ1n) is 10.1. The average Bonchev–Trinajstić information content (AvgIpc) is 3.02. The number of halogens is 3. The van der Waals surface area contributed by atoms with Crippen molar-refractivity contribution in [1.29, 1.82) is 0 Å². The smallest absolute Gasteiger partial charge is 0.369 e. The third kappa shape index (κ3) is 4.82. The van der Waals surface area contributed by atoms with Gasteiger partial charge < -0.3 is 10.2 Å². The van der Waals surface area contributed by atoms with Gasteiger partial charge in [-0.2, -0.15) is 13.2 Å². The van der Waals surface area contributed by atoms with Crippen LogP contribution in [0.25, 0.3) is 0 Å². The first-order chi connectivity index (χ1) is 14.8. The van der Waals surface area contributed by atoms with Gasteiger partial charge in [-0.1, -0.05) is 36.4 Å². The van der Waals surface area contributed by atoms with Crippen molar-refractivity contribution in [2.75, 3.05) is 37.7 Å². The molecule has 3 amide bonds. The van der Waals surface area contributed by atoms with E-state index in [4.69, 9.17) is 0 Å². The molecule has 2 aromatic carbocycles. The van der Waals surface area contributed by atoms with Gasteiger partial charge in [0.05, 0.1) is 12.2 Å². The van der Waals surface area contributed by atoms with Crippen molar-refractivity contribution in [2.24, 2.45) is 0 Å². The van der Waals surface area contributed by atoms with Gasteiger partial charge in [0, 0.05) is 38.3 Å². The lowest BCUT2D eigenvalue weighted by atomic mass is 10.1. The van der Waals surface area contributed by atoms with Gasteiger partial charge in [-0.25, -0.2) is 9.69 Å². The summed E-state index contributed by atoms with van der Waals surface area (Å²) in [7, 11) is 0. The van der Waals surface area contributed by atoms with E-state index in [2.05, 4.69) is 5.32 Å². The number of urea groups is 1. The molecule has 2 aliphatic rings. The summed E-state index contributed by atoms with van der Waals surface area (Å²) in [6.45, 7) is 2.27. The van der Waals surface area contributed by atoms with Gasteiger partial charge in [-0.05, 0) is 23.8 Å². The van der Waals surface area contributed by atoms with E-state index in [1.165, 1.54) is 11.0 Å². The Hall–Kier alpha value is -3.07. The molecule has 2 aliphatic heterocycles.